The second-order valence-electron chi connectivity index (χ2n) is 6.44. The Kier molecular flexibility index (Phi) is 4.73. The van der Waals surface area contributed by atoms with Gasteiger partial charge < -0.3 is 9.80 Å². The molecule has 0 N–H and O–H groups in total. The number of carbonyl (C=O) groups is 1. The minimum atomic E-state index is 0.209. The summed E-state index contributed by atoms with van der Waals surface area (Å²) in [7, 11) is 0. The summed E-state index contributed by atoms with van der Waals surface area (Å²) in [6, 6.07) is 12.0. The van der Waals surface area contributed by atoms with E-state index in [0.717, 1.165) is 54.9 Å². The lowest BCUT2D eigenvalue weighted by Gasteiger charge is -2.35. The molecule has 0 bridgehead atoms. The number of hydrogen-bond acceptors (Lipinski definition) is 5. The van der Waals surface area contributed by atoms with Crippen LogP contribution in [0.25, 0.3) is 10.9 Å². The zero-order valence-corrected chi connectivity index (χ0v) is 14.6. The van der Waals surface area contributed by atoms with Crippen molar-refractivity contribution in [3.63, 3.8) is 0 Å². The molecule has 132 valence electrons. The Morgan fingerprint density at radius 1 is 1.00 bits per heavy atom. The lowest BCUT2D eigenvalue weighted by molar-refractivity contribution is -0.131. The highest BCUT2D eigenvalue weighted by atomic mass is 16.2. The Morgan fingerprint density at radius 2 is 1.85 bits per heavy atom. The van der Waals surface area contributed by atoms with Crippen molar-refractivity contribution in [2.75, 3.05) is 31.1 Å². The highest BCUT2D eigenvalue weighted by Crippen LogP contribution is 2.23. The van der Waals surface area contributed by atoms with E-state index < -0.39 is 0 Å². The summed E-state index contributed by atoms with van der Waals surface area (Å²) in [5.74, 6) is 1.17. The lowest BCUT2D eigenvalue weighted by Crippen LogP contribution is -2.49. The number of anilines is 1. The average Bonchev–Trinajstić information content (AvgIpc) is 2.72. The van der Waals surface area contributed by atoms with Gasteiger partial charge in [-0.05, 0) is 30.2 Å². The Balaban J connectivity index is 1.37. The molecule has 0 atom stereocenters. The molecule has 3 aromatic rings. The zero-order chi connectivity index (χ0) is 17.8. The third-order valence-corrected chi connectivity index (χ3v) is 4.80. The molecule has 1 aliphatic heterocycles. The number of aryl methyl sites for hydroxylation is 1. The number of nitrogens with zero attached hydrogens (tertiary/aromatic N) is 5. The molecule has 0 unspecified atom stereocenters. The van der Waals surface area contributed by atoms with Crippen molar-refractivity contribution in [2.45, 2.75) is 12.8 Å². The van der Waals surface area contributed by atoms with Crippen LogP contribution in [0.4, 0.5) is 5.82 Å². The van der Waals surface area contributed by atoms with Crippen molar-refractivity contribution in [2.24, 2.45) is 0 Å². The molecule has 1 aliphatic rings. The van der Waals surface area contributed by atoms with Gasteiger partial charge in [0.1, 0.15) is 12.1 Å². The van der Waals surface area contributed by atoms with Gasteiger partial charge in [-0.1, -0.05) is 18.2 Å². The summed E-state index contributed by atoms with van der Waals surface area (Å²) in [4.78, 5) is 29.6. The van der Waals surface area contributed by atoms with Crippen LogP contribution < -0.4 is 4.90 Å². The predicted molar refractivity (Wildman–Crippen MR) is 101 cm³/mol. The number of benzene rings is 1. The Hall–Kier alpha value is -3.02. The molecule has 1 fully saturated rings. The van der Waals surface area contributed by atoms with Crippen molar-refractivity contribution >= 4 is 22.6 Å². The summed E-state index contributed by atoms with van der Waals surface area (Å²) < 4.78 is 0. The van der Waals surface area contributed by atoms with Crippen LogP contribution in [-0.4, -0.2) is 51.9 Å². The van der Waals surface area contributed by atoms with Gasteiger partial charge in [-0.2, -0.15) is 0 Å². The van der Waals surface area contributed by atoms with E-state index in [-0.39, 0.29) is 5.91 Å². The van der Waals surface area contributed by atoms with Gasteiger partial charge in [-0.25, -0.2) is 9.97 Å². The second kappa shape index (κ2) is 7.47. The zero-order valence-electron chi connectivity index (χ0n) is 14.6. The Labute approximate surface area is 152 Å². The SMILES string of the molecule is O=C(CCc1cccnc1)N1CCN(c2ncnc3ccccc23)CC1. The largest absolute Gasteiger partial charge is 0.352 e. The van der Waals surface area contributed by atoms with Gasteiger partial charge in [-0.15, -0.1) is 0 Å². The maximum absolute atomic E-state index is 12.5. The van der Waals surface area contributed by atoms with Gasteiger partial charge in [0.15, 0.2) is 0 Å². The summed E-state index contributed by atoms with van der Waals surface area (Å²) in [5, 5.41) is 1.06. The number of piperazine rings is 1. The van der Waals surface area contributed by atoms with Crippen LogP contribution >= 0.6 is 0 Å². The molecule has 6 heteroatoms. The van der Waals surface area contributed by atoms with Gasteiger partial charge in [0.25, 0.3) is 0 Å². The molecule has 1 aromatic carbocycles. The quantitative estimate of drug-likeness (QED) is 0.725. The van der Waals surface area contributed by atoms with Crippen LogP contribution in [0, 0.1) is 0 Å². The van der Waals surface area contributed by atoms with E-state index in [9.17, 15) is 4.79 Å². The molecule has 2 aromatic heterocycles. The van der Waals surface area contributed by atoms with Crippen molar-refractivity contribution in [1.82, 2.24) is 19.9 Å². The van der Waals surface area contributed by atoms with Gasteiger partial charge in [-0.3, -0.25) is 9.78 Å². The van der Waals surface area contributed by atoms with Crippen LogP contribution in [0.15, 0.2) is 55.1 Å². The molecule has 0 saturated carbocycles. The number of hydrogen-bond donors (Lipinski definition) is 0. The van der Waals surface area contributed by atoms with E-state index in [1.807, 2.05) is 41.4 Å². The van der Waals surface area contributed by atoms with Crippen molar-refractivity contribution in [3.05, 3.63) is 60.7 Å². The fourth-order valence-corrected chi connectivity index (χ4v) is 3.37. The lowest BCUT2D eigenvalue weighted by atomic mass is 10.1. The van der Waals surface area contributed by atoms with E-state index in [1.165, 1.54) is 0 Å². The van der Waals surface area contributed by atoms with E-state index >= 15 is 0 Å². The molecule has 3 heterocycles. The van der Waals surface area contributed by atoms with Gasteiger partial charge >= 0.3 is 0 Å². The van der Waals surface area contributed by atoms with Crippen molar-refractivity contribution < 1.29 is 4.79 Å². The number of amides is 1. The minimum absolute atomic E-state index is 0.209. The summed E-state index contributed by atoms with van der Waals surface area (Å²) in [6.45, 7) is 3.04. The topological polar surface area (TPSA) is 62.2 Å². The van der Waals surface area contributed by atoms with Crippen LogP contribution in [0.3, 0.4) is 0 Å². The maximum Gasteiger partial charge on any atom is 0.223 e. The fourth-order valence-electron chi connectivity index (χ4n) is 3.37. The molecule has 0 aliphatic carbocycles. The number of rotatable bonds is 4. The highest BCUT2D eigenvalue weighted by Gasteiger charge is 2.22. The molecule has 1 saturated heterocycles. The standard InChI is InChI=1S/C20H21N5O/c26-19(8-7-16-4-3-9-21-14-16)24-10-12-25(13-11-24)20-17-5-1-2-6-18(17)22-15-23-20/h1-6,9,14-15H,7-8,10-13H2. The first-order valence-corrected chi connectivity index (χ1v) is 8.92. The molecular formula is C20H21N5O. The molecular weight excluding hydrogens is 326 g/mol. The van der Waals surface area contributed by atoms with E-state index in [0.29, 0.717) is 6.42 Å². The number of pyridine rings is 1. The third kappa shape index (κ3) is 3.49. The summed E-state index contributed by atoms with van der Waals surface area (Å²) >= 11 is 0. The number of carbonyl (C=O) groups excluding carboxylic acids is 1. The predicted octanol–water partition coefficient (Wildman–Crippen LogP) is 2.31. The molecule has 0 spiro atoms. The highest BCUT2D eigenvalue weighted by molar-refractivity contribution is 5.89. The molecule has 26 heavy (non-hydrogen) atoms. The average molecular weight is 347 g/mol. The second-order valence-corrected chi connectivity index (χ2v) is 6.44. The van der Waals surface area contributed by atoms with Gasteiger partial charge in [0.05, 0.1) is 5.52 Å². The summed E-state index contributed by atoms with van der Waals surface area (Å²) in [6.07, 6.45) is 6.46. The maximum atomic E-state index is 12.5. The molecule has 0 radical (unpaired) electrons. The van der Waals surface area contributed by atoms with E-state index in [2.05, 4.69) is 25.9 Å². The molecule has 1 amide bonds. The fraction of sp³-hybridized carbons (Fsp3) is 0.300. The van der Waals surface area contributed by atoms with Crippen LogP contribution in [0.2, 0.25) is 0 Å². The number of fused-ring (bicyclic) bond motifs is 1. The van der Waals surface area contributed by atoms with Crippen molar-refractivity contribution in [1.29, 1.82) is 0 Å². The Bertz CT molecular complexity index is 886. The minimum Gasteiger partial charge on any atom is -0.352 e. The third-order valence-electron chi connectivity index (χ3n) is 4.80. The smallest absolute Gasteiger partial charge is 0.223 e. The number of aromatic nitrogens is 3. The first-order valence-electron chi connectivity index (χ1n) is 8.92. The van der Waals surface area contributed by atoms with E-state index in [4.69, 9.17) is 0 Å². The molecule has 4 rings (SSSR count). The van der Waals surface area contributed by atoms with Crippen LogP contribution in [0.1, 0.15) is 12.0 Å². The van der Waals surface area contributed by atoms with Gasteiger partial charge in [0.2, 0.25) is 5.91 Å². The van der Waals surface area contributed by atoms with Gasteiger partial charge in [0, 0.05) is 50.4 Å². The van der Waals surface area contributed by atoms with Crippen molar-refractivity contribution in [3.8, 4) is 0 Å². The first-order chi connectivity index (χ1) is 12.8. The van der Waals surface area contributed by atoms with E-state index in [1.54, 1.807) is 12.5 Å². The number of para-hydroxylation sites is 1. The first kappa shape index (κ1) is 16.4. The molecule has 6 nitrogen and oxygen atoms in total. The summed E-state index contributed by atoms with van der Waals surface area (Å²) in [5.41, 5.74) is 2.06. The van der Waals surface area contributed by atoms with Crippen LogP contribution in [0.5, 0.6) is 0 Å². The Morgan fingerprint density at radius 3 is 2.65 bits per heavy atom. The monoisotopic (exact) mass is 347 g/mol. The van der Waals surface area contributed by atoms with Crippen LogP contribution in [-0.2, 0) is 11.2 Å². The normalized spacial score (nSPS) is 14.6.